The topological polar surface area (TPSA) is 56.7 Å². The molecule has 2 atom stereocenters. The number of benzene rings is 1. The van der Waals surface area contributed by atoms with Gasteiger partial charge in [-0.3, -0.25) is 4.99 Å². The van der Waals surface area contributed by atoms with Gasteiger partial charge in [0.15, 0.2) is 5.96 Å². The molecule has 1 aliphatic carbocycles. The number of rotatable bonds is 6. The number of guanidine groups is 1. The minimum Gasteiger partial charge on any atom is -0.357 e. The molecule has 7 heteroatoms. The van der Waals surface area contributed by atoms with Gasteiger partial charge in [0, 0.05) is 57.2 Å². The van der Waals surface area contributed by atoms with E-state index >= 15 is 0 Å². The molecule has 1 aromatic heterocycles. The van der Waals surface area contributed by atoms with Crippen molar-refractivity contribution >= 4 is 22.6 Å². The lowest BCUT2D eigenvalue weighted by Gasteiger charge is -2.36. The minimum absolute atomic E-state index is 0.686. The molecule has 1 aliphatic heterocycles. The van der Waals surface area contributed by atoms with Crippen LogP contribution in [0.1, 0.15) is 37.6 Å². The fourth-order valence-electron chi connectivity index (χ4n) is 3.81. The maximum absolute atomic E-state index is 4.98. The van der Waals surface area contributed by atoms with Crippen molar-refractivity contribution in [3.05, 3.63) is 41.7 Å². The van der Waals surface area contributed by atoms with Gasteiger partial charge in [-0.05, 0) is 30.7 Å². The first-order valence-corrected chi connectivity index (χ1v) is 11.2. The summed E-state index contributed by atoms with van der Waals surface area (Å²) in [6, 6.07) is 10.9. The van der Waals surface area contributed by atoms with E-state index in [0.29, 0.717) is 11.8 Å². The van der Waals surface area contributed by atoms with Crippen molar-refractivity contribution in [2.45, 2.75) is 32.6 Å². The van der Waals surface area contributed by atoms with Crippen molar-refractivity contribution < 1.29 is 0 Å². The number of aromatic nitrogens is 2. The van der Waals surface area contributed by atoms with Crippen molar-refractivity contribution in [3.63, 3.8) is 0 Å². The Bertz CT molecular complexity index is 781. The number of hydrogen-bond acceptors (Lipinski definition) is 5. The molecule has 2 heterocycles. The smallest absolute Gasteiger partial charge is 0.205 e. The monoisotopic (exact) mass is 398 g/mol. The molecular weight excluding hydrogens is 368 g/mol. The van der Waals surface area contributed by atoms with Gasteiger partial charge in [-0.15, -0.1) is 0 Å². The summed E-state index contributed by atoms with van der Waals surface area (Å²) < 4.78 is 4.42. The SMILES string of the molecule is CCNC(=NCC1CC1c1ccccc1)N1CCN(c2nc(CC)ns2)CC1. The maximum Gasteiger partial charge on any atom is 0.205 e. The highest BCUT2D eigenvalue weighted by Crippen LogP contribution is 2.47. The number of nitrogens with zero attached hydrogens (tertiary/aromatic N) is 5. The normalized spacial score (nSPS) is 22.4. The van der Waals surface area contributed by atoms with Crippen LogP contribution in [-0.2, 0) is 6.42 Å². The van der Waals surface area contributed by atoms with Crippen LogP contribution in [0.25, 0.3) is 0 Å². The van der Waals surface area contributed by atoms with E-state index in [0.717, 1.165) is 62.6 Å². The van der Waals surface area contributed by atoms with Gasteiger partial charge >= 0.3 is 0 Å². The molecule has 2 aliphatic rings. The molecule has 28 heavy (non-hydrogen) atoms. The zero-order valence-corrected chi connectivity index (χ0v) is 17.7. The molecule has 1 N–H and O–H groups in total. The first kappa shape index (κ1) is 19.2. The highest BCUT2D eigenvalue weighted by molar-refractivity contribution is 7.09. The maximum atomic E-state index is 4.98. The van der Waals surface area contributed by atoms with Gasteiger partial charge in [0.05, 0.1) is 0 Å². The van der Waals surface area contributed by atoms with Crippen molar-refractivity contribution in [3.8, 4) is 0 Å². The molecule has 1 aromatic carbocycles. The molecule has 0 radical (unpaired) electrons. The van der Waals surface area contributed by atoms with E-state index in [1.54, 1.807) is 0 Å². The Morgan fingerprint density at radius 1 is 1.18 bits per heavy atom. The first-order chi connectivity index (χ1) is 13.8. The highest BCUT2D eigenvalue weighted by atomic mass is 32.1. The summed E-state index contributed by atoms with van der Waals surface area (Å²) in [5, 5.41) is 4.55. The molecule has 1 saturated carbocycles. The third-order valence-corrected chi connectivity index (χ3v) is 6.40. The molecular formula is C21H30N6S. The Kier molecular flexibility index (Phi) is 6.10. The Balaban J connectivity index is 1.32. The first-order valence-electron chi connectivity index (χ1n) is 10.4. The molecule has 2 aromatic rings. The molecule has 150 valence electrons. The van der Waals surface area contributed by atoms with Crippen LogP contribution in [0.3, 0.4) is 0 Å². The van der Waals surface area contributed by atoms with E-state index in [-0.39, 0.29) is 0 Å². The summed E-state index contributed by atoms with van der Waals surface area (Å²) in [6.45, 7) is 9.95. The molecule has 6 nitrogen and oxygen atoms in total. The average Bonchev–Trinajstić information content (AvgIpc) is 3.37. The lowest BCUT2D eigenvalue weighted by molar-refractivity contribution is 0.372. The van der Waals surface area contributed by atoms with Crippen LogP contribution in [0.5, 0.6) is 0 Å². The molecule has 0 bridgehead atoms. The number of piperazine rings is 1. The fourth-order valence-corrected chi connectivity index (χ4v) is 4.61. The van der Waals surface area contributed by atoms with E-state index in [9.17, 15) is 0 Å². The van der Waals surface area contributed by atoms with Gasteiger partial charge in [-0.25, -0.2) is 4.98 Å². The standard InChI is InChI=1S/C21H30N6S/c1-3-19-24-21(28-25-19)27-12-10-26(11-13-27)20(22-4-2)23-15-17-14-18(17)16-8-6-5-7-9-16/h5-9,17-18H,3-4,10-15H2,1-2H3,(H,22,23). The van der Waals surface area contributed by atoms with E-state index < -0.39 is 0 Å². The van der Waals surface area contributed by atoms with E-state index in [1.165, 1.54) is 23.5 Å². The van der Waals surface area contributed by atoms with Crippen LogP contribution in [-0.4, -0.2) is 59.5 Å². The molecule has 4 rings (SSSR count). The predicted molar refractivity (Wildman–Crippen MR) is 116 cm³/mol. The number of nitrogens with one attached hydrogen (secondary N) is 1. The van der Waals surface area contributed by atoms with Gasteiger partial charge in [0.1, 0.15) is 5.82 Å². The van der Waals surface area contributed by atoms with Gasteiger partial charge in [-0.1, -0.05) is 37.3 Å². The number of hydrogen-bond donors (Lipinski definition) is 1. The number of anilines is 1. The van der Waals surface area contributed by atoms with Crippen LogP contribution < -0.4 is 10.2 Å². The summed E-state index contributed by atoms with van der Waals surface area (Å²) in [5.74, 6) is 3.39. The van der Waals surface area contributed by atoms with Gasteiger partial charge in [0.2, 0.25) is 5.13 Å². The Morgan fingerprint density at radius 2 is 1.96 bits per heavy atom. The van der Waals surface area contributed by atoms with Crippen LogP contribution in [0, 0.1) is 5.92 Å². The summed E-state index contributed by atoms with van der Waals surface area (Å²) in [7, 11) is 0. The van der Waals surface area contributed by atoms with Crippen LogP contribution in [0.2, 0.25) is 0 Å². The molecule has 2 fully saturated rings. The summed E-state index contributed by atoms with van der Waals surface area (Å²) in [6.07, 6.45) is 2.16. The second-order valence-electron chi connectivity index (χ2n) is 7.53. The van der Waals surface area contributed by atoms with Crippen molar-refractivity contribution in [2.75, 3.05) is 44.2 Å². The Morgan fingerprint density at radius 3 is 2.64 bits per heavy atom. The Hall–Kier alpha value is -2.15. The minimum atomic E-state index is 0.686. The van der Waals surface area contributed by atoms with Crippen LogP contribution >= 0.6 is 11.5 Å². The van der Waals surface area contributed by atoms with Gasteiger partial charge in [-0.2, -0.15) is 4.37 Å². The zero-order chi connectivity index (χ0) is 19.3. The van der Waals surface area contributed by atoms with Gasteiger partial charge in [0.25, 0.3) is 0 Å². The summed E-state index contributed by atoms with van der Waals surface area (Å²) >= 11 is 1.52. The van der Waals surface area contributed by atoms with E-state index in [1.807, 2.05) is 0 Å². The van der Waals surface area contributed by atoms with E-state index in [4.69, 9.17) is 4.99 Å². The molecule has 0 amide bonds. The van der Waals surface area contributed by atoms with Crippen molar-refractivity contribution in [1.82, 2.24) is 19.6 Å². The average molecular weight is 399 g/mol. The zero-order valence-electron chi connectivity index (χ0n) is 16.8. The van der Waals surface area contributed by atoms with Crippen LogP contribution in [0.4, 0.5) is 5.13 Å². The molecule has 0 spiro atoms. The third-order valence-electron chi connectivity index (χ3n) is 5.58. The number of aryl methyl sites for hydroxylation is 1. The van der Waals surface area contributed by atoms with E-state index in [2.05, 4.69) is 68.7 Å². The lowest BCUT2D eigenvalue weighted by atomic mass is 10.1. The predicted octanol–water partition coefficient (Wildman–Crippen LogP) is 2.99. The second kappa shape index (κ2) is 8.90. The number of aliphatic imine (C=N–C) groups is 1. The van der Waals surface area contributed by atoms with Crippen molar-refractivity contribution in [2.24, 2.45) is 10.9 Å². The Labute approximate surface area is 171 Å². The summed E-state index contributed by atoms with van der Waals surface area (Å²) in [5.41, 5.74) is 1.46. The quantitative estimate of drug-likeness (QED) is 0.599. The summed E-state index contributed by atoms with van der Waals surface area (Å²) in [4.78, 5) is 14.4. The third kappa shape index (κ3) is 4.46. The lowest BCUT2D eigenvalue weighted by Crippen LogP contribution is -2.52. The van der Waals surface area contributed by atoms with Crippen molar-refractivity contribution in [1.29, 1.82) is 0 Å². The highest BCUT2D eigenvalue weighted by Gasteiger charge is 2.38. The van der Waals surface area contributed by atoms with Gasteiger partial charge < -0.3 is 15.1 Å². The van der Waals surface area contributed by atoms with Crippen LogP contribution in [0.15, 0.2) is 35.3 Å². The molecule has 2 unspecified atom stereocenters. The fraction of sp³-hybridized carbons (Fsp3) is 0.571. The largest absolute Gasteiger partial charge is 0.357 e. The second-order valence-corrected chi connectivity index (χ2v) is 8.26. The molecule has 1 saturated heterocycles.